The number of benzene rings is 2. The molecule has 1 N–H and O–H groups in total. The minimum Gasteiger partial charge on any atom is -0.342 e. The third-order valence-electron chi connectivity index (χ3n) is 4.49. The predicted octanol–water partition coefficient (Wildman–Crippen LogP) is 1.19. The summed E-state index contributed by atoms with van der Waals surface area (Å²) in [5.41, 5.74) is 1.82. The summed E-state index contributed by atoms with van der Waals surface area (Å²) >= 11 is 0. The Labute approximate surface area is 152 Å². The number of nitrogens with one attached hydrogen (secondary N) is 1. The first-order valence-electron chi connectivity index (χ1n) is 8.58. The Morgan fingerprint density at radius 1 is 0.846 bits per heavy atom. The second kappa shape index (κ2) is 8.29. The summed E-state index contributed by atoms with van der Waals surface area (Å²) in [4.78, 5) is 38.9. The normalized spacial score (nSPS) is 14.2. The van der Waals surface area contributed by atoms with Crippen LogP contribution in [0.2, 0.25) is 0 Å². The van der Waals surface area contributed by atoms with Crippen LogP contribution in [0.1, 0.15) is 17.2 Å². The average molecular weight is 351 g/mol. The molecule has 6 heteroatoms. The molecular formula is C20H21N3O3. The van der Waals surface area contributed by atoms with Crippen molar-refractivity contribution in [3.8, 4) is 0 Å². The number of nitrogens with zero attached hydrogens (tertiary/aromatic N) is 2. The molecule has 0 unspecified atom stereocenters. The molecule has 0 radical (unpaired) electrons. The number of carbonyl (C=O) groups is 3. The lowest BCUT2D eigenvalue weighted by molar-refractivity contribution is -0.147. The molecule has 6 nitrogen and oxygen atoms in total. The highest BCUT2D eigenvalue weighted by atomic mass is 16.2. The summed E-state index contributed by atoms with van der Waals surface area (Å²) < 4.78 is 0. The number of amides is 3. The molecule has 0 spiro atoms. The summed E-state index contributed by atoms with van der Waals surface area (Å²) in [7, 11) is 0. The van der Waals surface area contributed by atoms with Crippen molar-refractivity contribution in [2.75, 3.05) is 26.2 Å². The zero-order valence-corrected chi connectivity index (χ0v) is 14.4. The van der Waals surface area contributed by atoms with Crippen molar-refractivity contribution >= 4 is 18.2 Å². The summed E-state index contributed by atoms with van der Waals surface area (Å²) in [6.07, 6.45) is 0.767. The zero-order chi connectivity index (χ0) is 18.4. The number of hydrogen-bond acceptors (Lipinski definition) is 3. The van der Waals surface area contributed by atoms with E-state index in [-0.39, 0.29) is 0 Å². The van der Waals surface area contributed by atoms with E-state index in [0.29, 0.717) is 26.2 Å². The van der Waals surface area contributed by atoms with Gasteiger partial charge in [0, 0.05) is 26.2 Å². The maximum Gasteiger partial charge on any atom is 0.312 e. The summed E-state index contributed by atoms with van der Waals surface area (Å²) in [6.45, 7) is 1.63. The van der Waals surface area contributed by atoms with E-state index in [4.69, 9.17) is 0 Å². The molecule has 3 amide bonds. The molecule has 1 fully saturated rings. The van der Waals surface area contributed by atoms with Crippen LogP contribution in [0, 0.1) is 0 Å². The van der Waals surface area contributed by atoms with Crippen LogP contribution in [0.5, 0.6) is 0 Å². The standard InChI is InChI=1S/C20H21N3O3/c24-15-22-11-13-23(14-12-22)20(26)19(25)21-18(16-7-3-1-4-8-16)17-9-5-2-6-10-17/h1-10,15,18H,11-14H2,(H,21,25). The first-order valence-corrected chi connectivity index (χ1v) is 8.58. The van der Waals surface area contributed by atoms with Crippen LogP contribution < -0.4 is 5.32 Å². The van der Waals surface area contributed by atoms with Crippen LogP contribution >= 0.6 is 0 Å². The molecular weight excluding hydrogens is 330 g/mol. The second-order valence-corrected chi connectivity index (χ2v) is 6.16. The SMILES string of the molecule is O=CN1CCN(C(=O)C(=O)NC(c2ccccc2)c2ccccc2)CC1. The molecule has 26 heavy (non-hydrogen) atoms. The Morgan fingerprint density at radius 2 is 1.35 bits per heavy atom. The van der Waals surface area contributed by atoms with Gasteiger partial charge in [0.1, 0.15) is 0 Å². The molecule has 1 aliphatic rings. The van der Waals surface area contributed by atoms with Gasteiger partial charge in [0.2, 0.25) is 6.41 Å². The fourth-order valence-corrected chi connectivity index (χ4v) is 3.02. The first kappa shape index (κ1) is 17.7. The Kier molecular flexibility index (Phi) is 5.63. The van der Waals surface area contributed by atoms with Crippen LogP contribution in [0.25, 0.3) is 0 Å². The van der Waals surface area contributed by atoms with Crippen molar-refractivity contribution < 1.29 is 14.4 Å². The Hall–Kier alpha value is -3.15. The quantitative estimate of drug-likeness (QED) is 0.665. The Bertz CT molecular complexity index is 717. The smallest absolute Gasteiger partial charge is 0.312 e. The molecule has 3 rings (SSSR count). The van der Waals surface area contributed by atoms with Crippen molar-refractivity contribution in [1.29, 1.82) is 0 Å². The molecule has 1 saturated heterocycles. The van der Waals surface area contributed by atoms with Crippen LogP contribution in [0.3, 0.4) is 0 Å². The molecule has 2 aromatic rings. The lowest BCUT2D eigenvalue weighted by Gasteiger charge is -2.32. The second-order valence-electron chi connectivity index (χ2n) is 6.16. The van der Waals surface area contributed by atoms with Crippen molar-refractivity contribution in [2.24, 2.45) is 0 Å². The van der Waals surface area contributed by atoms with Gasteiger partial charge in [-0.2, -0.15) is 0 Å². The molecule has 2 aromatic carbocycles. The lowest BCUT2D eigenvalue weighted by atomic mass is 9.98. The summed E-state index contributed by atoms with van der Waals surface area (Å²) in [5, 5.41) is 2.86. The monoisotopic (exact) mass is 351 g/mol. The number of carbonyl (C=O) groups excluding carboxylic acids is 3. The Balaban J connectivity index is 1.73. The van der Waals surface area contributed by atoms with Crippen molar-refractivity contribution in [3.05, 3.63) is 71.8 Å². The van der Waals surface area contributed by atoms with Gasteiger partial charge in [0.05, 0.1) is 6.04 Å². The van der Waals surface area contributed by atoms with Crippen LogP contribution in [-0.4, -0.2) is 54.2 Å². The van der Waals surface area contributed by atoms with Crippen LogP contribution in [-0.2, 0) is 14.4 Å². The Morgan fingerprint density at radius 3 is 1.81 bits per heavy atom. The predicted molar refractivity (Wildman–Crippen MR) is 97.1 cm³/mol. The van der Waals surface area contributed by atoms with Crippen molar-refractivity contribution in [1.82, 2.24) is 15.1 Å². The zero-order valence-electron chi connectivity index (χ0n) is 14.4. The van der Waals surface area contributed by atoms with Gasteiger partial charge < -0.3 is 15.1 Å². The summed E-state index contributed by atoms with van der Waals surface area (Å²) in [6, 6.07) is 18.7. The van der Waals surface area contributed by atoms with Gasteiger partial charge in [-0.3, -0.25) is 14.4 Å². The number of hydrogen-bond donors (Lipinski definition) is 1. The maximum absolute atomic E-state index is 12.6. The van der Waals surface area contributed by atoms with Gasteiger partial charge in [-0.1, -0.05) is 60.7 Å². The van der Waals surface area contributed by atoms with Gasteiger partial charge in [0.15, 0.2) is 0 Å². The van der Waals surface area contributed by atoms with E-state index in [0.717, 1.165) is 17.5 Å². The molecule has 0 bridgehead atoms. The van der Waals surface area contributed by atoms with E-state index in [1.54, 1.807) is 4.90 Å². The molecule has 0 aliphatic carbocycles. The van der Waals surface area contributed by atoms with Crippen molar-refractivity contribution in [3.63, 3.8) is 0 Å². The third-order valence-corrected chi connectivity index (χ3v) is 4.49. The van der Waals surface area contributed by atoms with E-state index in [9.17, 15) is 14.4 Å². The summed E-state index contributed by atoms with van der Waals surface area (Å²) in [5.74, 6) is -1.20. The molecule has 134 valence electrons. The largest absolute Gasteiger partial charge is 0.342 e. The maximum atomic E-state index is 12.6. The fourth-order valence-electron chi connectivity index (χ4n) is 3.02. The lowest BCUT2D eigenvalue weighted by Crippen LogP contribution is -2.52. The highest BCUT2D eigenvalue weighted by Crippen LogP contribution is 2.21. The first-order chi connectivity index (χ1) is 12.7. The number of piperazine rings is 1. The topological polar surface area (TPSA) is 69.7 Å². The van der Waals surface area contributed by atoms with E-state index in [1.165, 1.54) is 4.90 Å². The van der Waals surface area contributed by atoms with Gasteiger partial charge in [0.25, 0.3) is 0 Å². The molecule has 1 aliphatic heterocycles. The van der Waals surface area contributed by atoms with Gasteiger partial charge in [-0.15, -0.1) is 0 Å². The molecule has 0 atom stereocenters. The molecule has 1 heterocycles. The van der Waals surface area contributed by atoms with Crippen LogP contribution in [0.15, 0.2) is 60.7 Å². The van der Waals surface area contributed by atoms with Gasteiger partial charge in [-0.05, 0) is 11.1 Å². The van der Waals surface area contributed by atoms with E-state index in [2.05, 4.69) is 5.32 Å². The third kappa shape index (κ3) is 4.08. The van der Waals surface area contributed by atoms with E-state index < -0.39 is 17.9 Å². The number of rotatable bonds is 4. The molecule has 0 saturated carbocycles. The van der Waals surface area contributed by atoms with E-state index in [1.807, 2.05) is 60.7 Å². The van der Waals surface area contributed by atoms with Crippen molar-refractivity contribution in [2.45, 2.75) is 6.04 Å². The highest BCUT2D eigenvalue weighted by Gasteiger charge is 2.28. The highest BCUT2D eigenvalue weighted by molar-refractivity contribution is 6.35. The van der Waals surface area contributed by atoms with Crippen LogP contribution in [0.4, 0.5) is 0 Å². The minimum absolute atomic E-state index is 0.367. The van der Waals surface area contributed by atoms with Gasteiger partial charge >= 0.3 is 11.8 Å². The molecule has 0 aromatic heterocycles. The fraction of sp³-hybridized carbons (Fsp3) is 0.250. The average Bonchev–Trinajstić information content (AvgIpc) is 2.72. The van der Waals surface area contributed by atoms with E-state index >= 15 is 0 Å². The minimum atomic E-state index is -0.637. The van der Waals surface area contributed by atoms with Gasteiger partial charge in [-0.25, -0.2) is 0 Å².